The molecule has 0 aliphatic carbocycles. The lowest BCUT2D eigenvalue weighted by molar-refractivity contribution is -0.682. The van der Waals surface area contributed by atoms with Crippen molar-refractivity contribution in [1.29, 1.82) is 0 Å². The van der Waals surface area contributed by atoms with E-state index in [9.17, 15) is 17.3 Å². The van der Waals surface area contributed by atoms with Crippen LogP contribution in [0.2, 0.25) is 0 Å². The molecule has 8 heteroatoms. The molecule has 0 saturated carbocycles. The Labute approximate surface area is 91.5 Å². The Kier molecular flexibility index (Phi) is 5.91. The molecule has 0 fully saturated rings. The Morgan fingerprint density at radius 1 is 1.38 bits per heavy atom. The second kappa shape index (κ2) is 6.39. The van der Waals surface area contributed by atoms with Crippen LogP contribution in [0.1, 0.15) is 19.2 Å². The molecule has 1 heterocycles. The number of aromatic amines is 1. The summed E-state index contributed by atoms with van der Waals surface area (Å²) in [5.41, 5.74) is 0. The van der Waals surface area contributed by atoms with Crippen LogP contribution in [-0.2, 0) is 13.5 Å². The van der Waals surface area contributed by atoms with Crippen LogP contribution in [0, 0.1) is 0 Å². The van der Waals surface area contributed by atoms with Crippen LogP contribution in [0.5, 0.6) is 5.88 Å². The van der Waals surface area contributed by atoms with Crippen LogP contribution >= 0.6 is 0 Å². The molecule has 0 saturated heterocycles. The Morgan fingerprint density at radius 2 is 1.88 bits per heavy atom. The minimum absolute atomic E-state index is 0.883. The largest absolute Gasteiger partial charge is 0.673 e. The third kappa shape index (κ3) is 6.31. The van der Waals surface area contributed by atoms with Gasteiger partial charge in [0.05, 0.1) is 14.2 Å². The third-order valence-corrected chi connectivity index (χ3v) is 1.79. The number of halogens is 4. The van der Waals surface area contributed by atoms with Crippen LogP contribution in [0.3, 0.4) is 0 Å². The molecule has 0 unspecified atom stereocenters. The summed E-state index contributed by atoms with van der Waals surface area (Å²) in [6.07, 6.45) is 4.10. The van der Waals surface area contributed by atoms with E-state index in [2.05, 4.69) is 11.9 Å². The first-order valence-corrected chi connectivity index (χ1v) is 4.77. The number of imidazole rings is 1. The number of nitrogens with zero attached hydrogens (tertiary/aromatic N) is 1. The molecule has 16 heavy (non-hydrogen) atoms. The van der Waals surface area contributed by atoms with Crippen molar-refractivity contribution < 1.29 is 26.6 Å². The average Bonchev–Trinajstić information content (AvgIpc) is 2.46. The lowest BCUT2D eigenvalue weighted by atomic mass is 10.3. The molecule has 0 atom stereocenters. The summed E-state index contributed by atoms with van der Waals surface area (Å²) in [5.74, 6) is 2.10. The maximum Gasteiger partial charge on any atom is 0.673 e. The maximum atomic E-state index is 9.75. The van der Waals surface area contributed by atoms with Crippen molar-refractivity contribution in [3.8, 4) is 5.88 Å². The molecular formula is C8H15BF4N2O. The average molecular weight is 242 g/mol. The first-order chi connectivity index (χ1) is 7.29. The highest BCUT2D eigenvalue weighted by Gasteiger charge is 2.20. The number of H-pyrrole nitrogens is 1. The minimum atomic E-state index is -6.00. The van der Waals surface area contributed by atoms with Gasteiger partial charge in [0, 0.05) is 6.42 Å². The van der Waals surface area contributed by atoms with Gasteiger partial charge in [0.15, 0.2) is 6.20 Å². The fourth-order valence-electron chi connectivity index (χ4n) is 1.14. The number of nitrogens with one attached hydrogen (secondary N) is 1. The van der Waals surface area contributed by atoms with Crippen molar-refractivity contribution in [3.63, 3.8) is 0 Å². The highest BCUT2D eigenvalue weighted by molar-refractivity contribution is 6.50. The Balaban J connectivity index is 0.000000385. The third-order valence-electron chi connectivity index (χ3n) is 1.79. The maximum absolute atomic E-state index is 9.75. The van der Waals surface area contributed by atoms with Gasteiger partial charge < -0.3 is 22.0 Å². The molecule has 1 aromatic heterocycles. The second-order valence-electron chi connectivity index (χ2n) is 3.08. The highest BCUT2D eigenvalue weighted by Crippen LogP contribution is 2.06. The number of aromatic nitrogens is 2. The van der Waals surface area contributed by atoms with Gasteiger partial charge in [0.25, 0.3) is 5.82 Å². The van der Waals surface area contributed by atoms with Gasteiger partial charge in [-0.05, 0) is 6.42 Å². The summed E-state index contributed by atoms with van der Waals surface area (Å²) in [7, 11) is -2.32. The van der Waals surface area contributed by atoms with Crippen molar-refractivity contribution >= 4 is 7.25 Å². The van der Waals surface area contributed by atoms with E-state index in [1.807, 2.05) is 17.8 Å². The van der Waals surface area contributed by atoms with Crippen molar-refractivity contribution in [3.05, 3.63) is 12.0 Å². The fourth-order valence-corrected chi connectivity index (χ4v) is 1.14. The number of ether oxygens (including phenoxy) is 1. The molecule has 0 aliphatic heterocycles. The second-order valence-corrected chi connectivity index (χ2v) is 3.08. The number of hydrogen-bond donors (Lipinski definition) is 1. The first-order valence-electron chi connectivity index (χ1n) is 4.77. The van der Waals surface area contributed by atoms with Crippen molar-refractivity contribution in [2.75, 3.05) is 7.11 Å². The number of methoxy groups -OCH3 is 1. The summed E-state index contributed by atoms with van der Waals surface area (Å²) in [4.78, 5) is 3.16. The highest BCUT2D eigenvalue weighted by atomic mass is 19.5. The van der Waals surface area contributed by atoms with Gasteiger partial charge in [-0.25, -0.2) is 9.55 Å². The van der Waals surface area contributed by atoms with Crippen LogP contribution in [-0.4, -0.2) is 19.3 Å². The fraction of sp³-hybridized carbons (Fsp3) is 0.625. The summed E-state index contributed by atoms with van der Waals surface area (Å²) >= 11 is 0. The topological polar surface area (TPSA) is 28.9 Å². The van der Waals surface area contributed by atoms with Crippen LogP contribution in [0.25, 0.3) is 0 Å². The molecular weight excluding hydrogens is 227 g/mol. The minimum Gasteiger partial charge on any atom is -0.463 e. The SMILES string of the molecule is CCCc1[nH]cc(OC)[n+]1C.F[B-](F)(F)F. The molecule has 0 spiro atoms. The van der Waals surface area contributed by atoms with Gasteiger partial charge in [-0.3, -0.25) is 0 Å². The van der Waals surface area contributed by atoms with Gasteiger partial charge in [0.1, 0.15) is 0 Å². The molecule has 1 aromatic rings. The molecule has 0 aromatic carbocycles. The quantitative estimate of drug-likeness (QED) is 0.490. The Morgan fingerprint density at radius 3 is 2.19 bits per heavy atom. The van der Waals surface area contributed by atoms with Crippen LogP contribution in [0.4, 0.5) is 17.3 Å². The summed E-state index contributed by atoms with van der Waals surface area (Å²) < 4.78 is 46.1. The lowest BCUT2D eigenvalue weighted by Crippen LogP contribution is -2.32. The van der Waals surface area contributed by atoms with E-state index >= 15 is 0 Å². The van der Waals surface area contributed by atoms with Crippen molar-refractivity contribution in [2.45, 2.75) is 19.8 Å². The summed E-state index contributed by atoms with van der Waals surface area (Å²) in [6.45, 7) is 2.16. The molecule has 0 aliphatic rings. The molecule has 1 N–H and O–H groups in total. The predicted octanol–water partition coefficient (Wildman–Crippen LogP) is 2.10. The Bertz CT molecular complexity index is 307. The summed E-state index contributed by atoms with van der Waals surface area (Å²) in [5, 5.41) is 0. The zero-order valence-electron chi connectivity index (χ0n) is 9.44. The van der Waals surface area contributed by atoms with Gasteiger partial charge in [-0.1, -0.05) is 6.92 Å². The first kappa shape index (κ1) is 14.8. The van der Waals surface area contributed by atoms with E-state index in [1.54, 1.807) is 7.11 Å². The van der Waals surface area contributed by atoms with Crippen molar-refractivity contribution in [2.24, 2.45) is 7.05 Å². The zero-order valence-corrected chi connectivity index (χ0v) is 9.44. The van der Waals surface area contributed by atoms with E-state index in [-0.39, 0.29) is 0 Å². The number of aryl methyl sites for hydroxylation is 1. The van der Waals surface area contributed by atoms with E-state index in [4.69, 9.17) is 4.74 Å². The van der Waals surface area contributed by atoms with Gasteiger partial charge in [-0.2, -0.15) is 0 Å². The molecule has 1 rings (SSSR count). The molecule has 3 nitrogen and oxygen atoms in total. The number of hydrogen-bond acceptors (Lipinski definition) is 1. The van der Waals surface area contributed by atoms with E-state index in [1.165, 1.54) is 5.82 Å². The zero-order chi connectivity index (χ0) is 12.8. The van der Waals surface area contributed by atoms with Gasteiger partial charge in [-0.15, -0.1) is 0 Å². The molecule has 0 bridgehead atoms. The van der Waals surface area contributed by atoms with Crippen molar-refractivity contribution in [1.82, 2.24) is 4.98 Å². The molecule has 94 valence electrons. The monoisotopic (exact) mass is 242 g/mol. The standard InChI is InChI=1S/C8H14N2O.BF4/c1-4-5-7-9-6-8(11-3)10(7)2;2-1(3,4)5/h6H,4-5H2,1-3H3;/q;-1/p+1. The molecule has 0 amide bonds. The summed E-state index contributed by atoms with van der Waals surface area (Å²) in [6, 6.07) is 0. The normalized spacial score (nSPS) is 10.7. The predicted molar refractivity (Wildman–Crippen MR) is 52.7 cm³/mol. The van der Waals surface area contributed by atoms with Gasteiger partial charge in [0.2, 0.25) is 0 Å². The van der Waals surface area contributed by atoms with E-state index in [0.717, 1.165) is 18.7 Å². The Hall–Kier alpha value is -1.21. The van der Waals surface area contributed by atoms with E-state index in [0.29, 0.717) is 0 Å². The van der Waals surface area contributed by atoms with Crippen LogP contribution < -0.4 is 9.30 Å². The smallest absolute Gasteiger partial charge is 0.463 e. The van der Waals surface area contributed by atoms with Gasteiger partial charge >= 0.3 is 13.1 Å². The van der Waals surface area contributed by atoms with E-state index < -0.39 is 7.25 Å². The number of rotatable bonds is 3. The van der Waals surface area contributed by atoms with Crippen LogP contribution in [0.15, 0.2) is 6.20 Å². The molecule has 0 radical (unpaired) electrons. The lowest BCUT2D eigenvalue weighted by Gasteiger charge is -1.94.